The molecule has 25 heavy (non-hydrogen) atoms. The molecule has 0 aromatic carbocycles. The van der Waals surface area contributed by atoms with E-state index in [0.29, 0.717) is 58.1 Å². The molecular weight excluding hydrogens is 410 g/mol. The van der Waals surface area contributed by atoms with Crippen LogP contribution in [0, 0.1) is 5.92 Å². The smallest absolute Gasteiger partial charge is 0.225 e. The first-order chi connectivity index (χ1) is 11.8. The van der Waals surface area contributed by atoms with Gasteiger partial charge >= 0.3 is 0 Å². The minimum atomic E-state index is -3.16. The van der Waals surface area contributed by atoms with Crippen molar-refractivity contribution >= 4 is 37.8 Å². The van der Waals surface area contributed by atoms with Crippen molar-refractivity contribution in [3.8, 4) is 0 Å². The number of rotatable bonds is 3. The standard InChI is InChI=1S/C15H22BrN5O3S/c1-25(23,24)21-4-2-12(3-5-21)14(22)19-6-8-20(9-7-19)15-17-10-13(16)11-18-15/h10-12H,2-9H2,1H3. The predicted octanol–water partition coefficient (Wildman–Crippen LogP) is 0.559. The molecule has 138 valence electrons. The minimum absolute atomic E-state index is 0.0755. The van der Waals surface area contributed by atoms with Gasteiger partial charge in [0.15, 0.2) is 0 Å². The molecule has 3 rings (SSSR count). The van der Waals surface area contributed by atoms with Crippen molar-refractivity contribution in [1.29, 1.82) is 0 Å². The van der Waals surface area contributed by atoms with E-state index in [0.717, 1.165) is 4.47 Å². The lowest BCUT2D eigenvalue weighted by Gasteiger charge is -2.38. The highest BCUT2D eigenvalue weighted by atomic mass is 79.9. The molecule has 8 nitrogen and oxygen atoms in total. The summed E-state index contributed by atoms with van der Waals surface area (Å²) in [5.41, 5.74) is 0. The zero-order valence-corrected chi connectivity index (χ0v) is 16.5. The lowest BCUT2D eigenvalue weighted by molar-refractivity contribution is -0.137. The van der Waals surface area contributed by atoms with Gasteiger partial charge in [0, 0.05) is 57.6 Å². The topological polar surface area (TPSA) is 86.7 Å². The van der Waals surface area contributed by atoms with E-state index in [4.69, 9.17) is 0 Å². The Hall–Kier alpha value is -1.26. The molecule has 0 N–H and O–H groups in total. The van der Waals surface area contributed by atoms with E-state index in [1.807, 2.05) is 4.90 Å². The summed E-state index contributed by atoms with van der Waals surface area (Å²) in [6, 6.07) is 0. The van der Waals surface area contributed by atoms with E-state index in [1.165, 1.54) is 10.6 Å². The van der Waals surface area contributed by atoms with Crippen LogP contribution in [0.5, 0.6) is 0 Å². The highest BCUT2D eigenvalue weighted by Gasteiger charge is 2.32. The second-order valence-corrected chi connectivity index (χ2v) is 9.35. The van der Waals surface area contributed by atoms with Crippen molar-refractivity contribution in [1.82, 2.24) is 19.2 Å². The van der Waals surface area contributed by atoms with E-state index in [9.17, 15) is 13.2 Å². The van der Waals surface area contributed by atoms with Crippen LogP contribution in [0.2, 0.25) is 0 Å². The van der Waals surface area contributed by atoms with Gasteiger partial charge in [-0.1, -0.05) is 0 Å². The maximum atomic E-state index is 12.7. The number of hydrogen-bond acceptors (Lipinski definition) is 6. The molecule has 0 saturated carbocycles. The molecule has 2 saturated heterocycles. The van der Waals surface area contributed by atoms with Gasteiger partial charge in [0.2, 0.25) is 21.9 Å². The summed E-state index contributed by atoms with van der Waals surface area (Å²) in [7, 11) is -3.16. The molecule has 1 amide bonds. The molecule has 10 heteroatoms. The zero-order chi connectivity index (χ0) is 18.0. The quantitative estimate of drug-likeness (QED) is 0.694. The number of nitrogens with zero attached hydrogens (tertiary/aromatic N) is 5. The van der Waals surface area contributed by atoms with E-state index in [1.54, 1.807) is 12.4 Å². The Morgan fingerprint density at radius 2 is 1.64 bits per heavy atom. The van der Waals surface area contributed by atoms with Crippen LogP contribution >= 0.6 is 15.9 Å². The van der Waals surface area contributed by atoms with Crippen molar-refractivity contribution in [3.05, 3.63) is 16.9 Å². The Bertz CT molecular complexity index is 711. The second kappa shape index (κ2) is 7.55. The molecule has 0 unspecified atom stereocenters. The Labute approximate surface area is 156 Å². The van der Waals surface area contributed by atoms with Crippen molar-refractivity contribution in [2.75, 3.05) is 50.4 Å². The van der Waals surface area contributed by atoms with Gasteiger partial charge in [0.1, 0.15) is 0 Å². The molecule has 0 radical (unpaired) electrons. The van der Waals surface area contributed by atoms with Crippen LogP contribution in [0.4, 0.5) is 5.95 Å². The summed E-state index contributed by atoms with van der Waals surface area (Å²) >= 11 is 3.32. The minimum Gasteiger partial charge on any atom is -0.339 e. The molecule has 3 heterocycles. The number of halogens is 1. The third-order valence-electron chi connectivity index (χ3n) is 4.75. The van der Waals surface area contributed by atoms with Gasteiger partial charge in [-0.25, -0.2) is 22.7 Å². The lowest BCUT2D eigenvalue weighted by Crippen LogP contribution is -2.52. The molecule has 0 aliphatic carbocycles. The second-order valence-electron chi connectivity index (χ2n) is 6.45. The summed E-state index contributed by atoms with van der Waals surface area (Å²) in [6.45, 7) is 3.56. The molecule has 2 fully saturated rings. The Morgan fingerprint density at radius 1 is 1.08 bits per heavy atom. The number of piperazine rings is 1. The largest absolute Gasteiger partial charge is 0.339 e. The Kier molecular flexibility index (Phi) is 5.59. The summed E-state index contributed by atoms with van der Waals surface area (Å²) in [4.78, 5) is 25.2. The zero-order valence-electron chi connectivity index (χ0n) is 14.1. The lowest BCUT2D eigenvalue weighted by atomic mass is 9.96. The van der Waals surface area contributed by atoms with Crippen LogP contribution in [0.15, 0.2) is 16.9 Å². The van der Waals surface area contributed by atoms with Crippen LogP contribution in [-0.2, 0) is 14.8 Å². The van der Waals surface area contributed by atoms with Gasteiger partial charge in [-0.15, -0.1) is 0 Å². The molecule has 2 aliphatic heterocycles. The summed E-state index contributed by atoms with van der Waals surface area (Å²) in [6.07, 6.45) is 5.85. The fraction of sp³-hybridized carbons (Fsp3) is 0.667. The van der Waals surface area contributed by atoms with Gasteiger partial charge in [0.05, 0.1) is 10.7 Å². The van der Waals surface area contributed by atoms with E-state index >= 15 is 0 Å². The van der Waals surface area contributed by atoms with Crippen molar-refractivity contribution < 1.29 is 13.2 Å². The molecule has 2 aliphatic rings. The fourth-order valence-corrected chi connectivity index (χ4v) is 4.37. The number of piperidine rings is 1. The van der Waals surface area contributed by atoms with Crippen LogP contribution < -0.4 is 4.90 Å². The van der Waals surface area contributed by atoms with Crippen molar-refractivity contribution in [2.45, 2.75) is 12.8 Å². The van der Waals surface area contributed by atoms with Gasteiger partial charge in [-0.2, -0.15) is 0 Å². The number of carbonyl (C=O) groups excluding carboxylic acids is 1. The number of amides is 1. The van der Waals surface area contributed by atoms with E-state index in [-0.39, 0.29) is 11.8 Å². The molecule has 0 bridgehead atoms. The molecule has 1 aromatic rings. The number of aromatic nitrogens is 2. The van der Waals surface area contributed by atoms with Crippen LogP contribution in [0.3, 0.4) is 0 Å². The number of anilines is 1. The normalized spacial score (nSPS) is 20.7. The highest BCUT2D eigenvalue weighted by Crippen LogP contribution is 2.22. The van der Waals surface area contributed by atoms with Gasteiger partial charge < -0.3 is 9.80 Å². The summed E-state index contributed by atoms with van der Waals surface area (Å²) < 4.78 is 25.4. The number of carbonyl (C=O) groups is 1. The summed E-state index contributed by atoms with van der Waals surface area (Å²) in [5.74, 6) is 0.745. The Morgan fingerprint density at radius 3 is 2.16 bits per heavy atom. The predicted molar refractivity (Wildman–Crippen MR) is 97.7 cm³/mol. The molecular formula is C15H22BrN5O3S. The maximum Gasteiger partial charge on any atom is 0.225 e. The van der Waals surface area contributed by atoms with E-state index < -0.39 is 10.0 Å². The molecule has 0 spiro atoms. The summed E-state index contributed by atoms with van der Waals surface area (Å²) in [5, 5.41) is 0. The van der Waals surface area contributed by atoms with Crippen LogP contribution in [0.25, 0.3) is 0 Å². The first-order valence-electron chi connectivity index (χ1n) is 8.31. The first-order valence-corrected chi connectivity index (χ1v) is 10.9. The fourth-order valence-electron chi connectivity index (χ4n) is 3.29. The molecule has 1 aromatic heterocycles. The van der Waals surface area contributed by atoms with Crippen molar-refractivity contribution in [3.63, 3.8) is 0 Å². The average molecular weight is 432 g/mol. The van der Waals surface area contributed by atoms with Crippen LogP contribution in [0.1, 0.15) is 12.8 Å². The van der Waals surface area contributed by atoms with Gasteiger partial charge in [0.25, 0.3) is 0 Å². The van der Waals surface area contributed by atoms with E-state index in [2.05, 4.69) is 30.8 Å². The Balaban J connectivity index is 1.51. The van der Waals surface area contributed by atoms with Crippen LogP contribution in [-0.4, -0.2) is 79.0 Å². The number of hydrogen-bond donors (Lipinski definition) is 0. The van der Waals surface area contributed by atoms with Gasteiger partial charge in [-0.05, 0) is 28.8 Å². The third-order valence-corrected chi connectivity index (χ3v) is 6.47. The molecule has 0 atom stereocenters. The highest BCUT2D eigenvalue weighted by molar-refractivity contribution is 9.10. The van der Waals surface area contributed by atoms with Gasteiger partial charge in [-0.3, -0.25) is 4.79 Å². The van der Waals surface area contributed by atoms with Crippen molar-refractivity contribution in [2.24, 2.45) is 5.92 Å². The average Bonchev–Trinajstić information content (AvgIpc) is 2.61. The SMILES string of the molecule is CS(=O)(=O)N1CCC(C(=O)N2CCN(c3ncc(Br)cn3)CC2)CC1. The maximum absolute atomic E-state index is 12.7. The first kappa shape index (κ1) is 18.5. The monoisotopic (exact) mass is 431 g/mol. The third kappa shape index (κ3) is 4.48. The number of sulfonamides is 1.